The zero-order valence-electron chi connectivity index (χ0n) is 38.2. The molecule has 0 N–H and O–H groups in total. The van der Waals surface area contributed by atoms with E-state index in [-0.39, 0.29) is 24.3 Å². The number of ether oxygens (including phenoxy) is 5. The van der Waals surface area contributed by atoms with E-state index in [1.54, 1.807) is 0 Å². The number of carbonyl (C=O) groups is 3. The molecule has 0 bridgehead atoms. The van der Waals surface area contributed by atoms with Crippen LogP contribution >= 0.6 is 0 Å². The Balaban J connectivity index is 2.60. The zero-order valence-corrected chi connectivity index (χ0v) is 38.2. The molecular weight excluding hydrogens is 731 g/mol. The average molecular weight is 820 g/mol. The van der Waals surface area contributed by atoms with Crippen molar-refractivity contribution in [3.63, 3.8) is 0 Å². The van der Waals surface area contributed by atoms with E-state index in [9.17, 15) is 14.4 Å². The van der Waals surface area contributed by atoms with Crippen LogP contribution in [0.1, 0.15) is 213 Å². The Hall–Kier alpha value is -2.23. The fourth-order valence-corrected chi connectivity index (χ4v) is 7.23. The highest BCUT2D eigenvalue weighted by molar-refractivity contribution is 5.71. The molecule has 9 heteroatoms. The number of unbranched alkanes of at least 4 members (excludes halogenated alkanes) is 18. The molecule has 9 nitrogen and oxygen atoms in total. The summed E-state index contributed by atoms with van der Waals surface area (Å²) >= 11 is 0. The molecule has 1 saturated carbocycles. The standard InChI is InChI=1S/C49H89NO8/c1-6-9-12-15-18-19-20-21-22-23-24-25-26-27-30-34-47(52)57-44-41-43(56-46(51)35-33-38-50(4)5)42-45(44)58-48(53)36-37-49(54-39-31-28-16-13-10-7-2)55-40-32-29-17-14-11-8-3/h18-19,21-22,43-45,49H,6-17,20,23-42H2,1-5H3/b19-18-,22-21-. The van der Waals surface area contributed by atoms with Gasteiger partial charge < -0.3 is 28.6 Å². The Morgan fingerprint density at radius 2 is 0.948 bits per heavy atom. The van der Waals surface area contributed by atoms with E-state index in [1.165, 1.54) is 77.0 Å². The third-order valence-corrected chi connectivity index (χ3v) is 10.8. The molecule has 58 heavy (non-hydrogen) atoms. The molecule has 0 aromatic carbocycles. The molecule has 0 aromatic heterocycles. The maximum atomic E-state index is 13.3. The monoisotopic (exact) mass is 820 g/mol. The predicted molar refractivity (Wildman–Crippen MR) is 238 cm³/mol. The van der Waals surface area contributed by atoms with Crippen LogP contribution in [0.2, 0.25) is 0 Å². The average Bonchev–Trinajstić information content (AvgIpc) is 3.55. The molecule has 3 unspecified atom stereocenters. The second-order valence-corrected chi connectivity index (χ2v) is 16.8. The molecule has 338 valence electrons. The highest BCUT2D eigenvalue weighted by atomic mass is 16.7. The van der Waals surface area contributed by atoms with Gasteiger partial charge in [-0.05, 0) is 78.4 Å². The quantitative estimate of drug-likeness (QED) is 0.0197. The SMILES string of the molecule is CCCCC/C=C\C/C=C\CCCCCCCC(=O)OC1CC(OC(=O)CCCN(C)C)CC1OC(=O)CCC(OCCCCCCCC)OCCCCCCCC. The van der Waals surface area contributed by atoms with Crippen LogP contribution in [0.5, 0.6) is 0 Å². The van der Waals surface area contributed by atoms with Crippen molar-refractivity contribution >= 4 is 17.9 Å². The fraction of sp³-hybridized carbons (Fsp3) is 0.857. The summed E-state index contributed by atoms with van der Waals surface area (Å²) in [5.41, 5.74) is 0. The summed E-state index contributed by atoms with van der Waals surface area (Å²) in [5.74, 6) is -0.947. The van der Waals surface area contributed by atoms with E-state index in [1.807, 2.05) is 19.0 Å². The molecule has 0 amide bonds. The molecule has 1 aliphatic rings. The molecular formula is C49H89NO8. The van der Waals surface area contributed by atoms with Crippen LogP contribution in [0.3, 0.4) is 0 Å². The predicted octanol–water partition coefficient (Wildman–Crippen LogP) is 12.5. The Morgan fingerprint density at radius 1 is 0.517 bits per heavy atom. The van der Waals surface area contributed by atoms with Crippen molar-refractivity contribution in [1.29, 1.82) is 0 Å². The first kappa shape index (κ1) is 53.8. The van der Waals surface area contributed by atoms with Crippen molar-refractivity contribution in [3.05, 3.63) is 24.3 Å². The van der Waals surface area contributed by atoms with E-state index in [0.717, 1.165) is 77.2 Å². The van der Waals surface area contributed by atoms with Crippen LogP contribution in [0, 0.1) is 0 Å². The molecule has 0 radical (unpaired) electrons. The third-order valence-electron chi connectivity index (χ3n) is 10.8. The number of rotatable bonds is 40. The van der Waals surface area contributed by atoms with Gasteiger partial charge in [-0.2, -0.15) is 0 Å². The molecule has 1 fully saturated rings. The van der Waals surface area contributed by atoms with E-state index in [4.69, 9.17) is 23.7 Å². The number of hydrogen-bond acceptors (Lipinski definition) is 9. The van der Waals surface area contributed by atoms with E-state index in [2.05, 4.69) is 45.1 Å². The first-order valence-corrected chi connectivity index (χ1v) is 24.0. The number of allylic oxidation sites excluding steroid dienone is 4. The van der Waals surface area contributed by atoms with Gasteiger partial charge in [0, 0.05) is 45.3 Å². The summed E-state index contributed by atoms with van der Waals surface area (Å²) in [6.45, 7) is 8.69. The van der Waals surface area contributed by atoms with Crippen LogP contribution in [0.4, 0.5) is 0 Å². The first-order valence-electron chi connectivity index (χ1n) is 24.0. The van der Waals surface area contributed by atoms with Crippen LogP contribution < -0.4 is 0 Å². The molecule has 0 heterocycles. The molecule has 1 aliphatic carbocycles. The van der Waals surface area contributed by atoms with Gasteiger partial charge >= 0.3 is 17.9 Å². The Morgan fingerprint density at radius 3 is 1.50 bits per heavy atom. The van der Waals surface area contributed by atoms with Crippen molar-refractivity contribution in [2.45, 2.75) is 238 Å². The molecule has 0 aliphatic heterocycles. The van der Waals surface area contributed by atoms with Gasteiger partial charge in [0.2, 0.25) is 0 Å². The van der Waals surface area contributed by atoms with Gasteiger partial charge in [0.15, 0.2) is 6.29 Å². The lowest BCUT2D eigenvalue weighted by Gasteiger charge is -2.21. The van der Waals surface area contributed by atoms with Gasteiger partial charge in [0.1, 0.15) is 18.3 Å². The Kier molecular flexibility index (Phi) is 36.1. The lowest BCUT2D eigenvalue weighted by Crippen LogP contribution is -2.31. The minimum Gasteiger partial charge on any atom is -0.462 e. The maximum Gasteiger partial charge on any atom is 0.306 e. The summed E-state index contributed by atoms with van der Waals surface area (Å²) in [6, 6.07) is 0. The maximum absolute atomic E-state index is 13.3. The number of esters is 3. The zero-order chi connectivity index (χ0) is 42.3. The van der Waals surface area contributed by atoms with Gasteiger partial charge in [0.25, 0.3) is 0 Å². The van der Waals surface area contributed by atoms with Gasteiger partial charge in [-0.15, -0.1) is 0 Å². The molecule has 1 rings (SSSR count). The molecule has 0 aromatic rings. The van der Waals surface area contributed by atoms with Crippen molar-refractivity contribution < 1.29 is 38.1 Å². The summed E-state index contributed by atoms with van der Waals surface area (Å²) in [4.78, 5) is 40.9. The van der Waals surface area contributed by atoms with Crippen molar-refractivity contribution in [3.8, 4) is 0 Å². The van der Waals surface area contributed by atoms with Gasteiger partial charge in [-0.25, -0.2) is 0 Å². The summed E-state index contributed by atoms with van der Waals surface area (Å²) < 4.78 is 29.9. The van der Waals surface area contributed by atoms with Crippen molar-refractivity contribution in [2.24, 2.45) is 0 Å². The van der Waals surface area contributed by atoms with Gasteiger partial charge in [0.05, 0.1) is 6.42 Å². The van der Waals surface area contributed by atoms with E-state index < -0.39 is 24.6 Å². The Labute approximate surface area is 356 Å². The largest absolute Gasteiger partial charge is 0.462 e. The van der Waals surface area contributed by atoms with Crippen molar-refractivity contribution in [1.82, 2.24) is 4.90 Å². The van der Waals surface area contributed by atoms with Crippen LogP contribution in [-0.4, -0.2) is 81.3 Å². The van der Waals surface area contributed by atoms with Gasteiger partial charge in [-0.1, -0.05) is 141 Å². The van der Waals surface area contributed by atoms with Crippen LogP contribution in [0.15, 0.2) is 24.3 Å². The van der Waals surface area contributed by atoms with Gasteiger partial charge in [-0.3, -0.25) is 14.4 Å². The lowest BCUT2D eigenvalue weighted by molar-refractivity contribution is -0.170. The smallest absolute Gasteiger partial charge is 0.306 e. The number of nitrogens with zero attached hydrogens (tertiary/aromatic N) is 1. The highest BCUT2D eigenvalue weighted by Gasteiger charge is 2.41. The minimum atomic E-state index is -0.660. The van der Waals surface area contributed by atoms with Crippen molar-refractivity contribution in [2.75, 3.05) is 33.9 Å². The molecule has 3 atom stereocenters. The first-order chi connectivity index (χ1) is 28.3. The summed E-state index contributed by atoms with van der Waals surface area (Å²) in [5, 5.41) is 0. The number of hydrogen-bond donors (Lipinski definition) is 0. The van der Waals surface area contributed by atoms with E-state index >= 15 is 0 Å². The topological polar surface area (TPSA) is 101 Å². The van der Waals surface area contributed by atoms with Crippen LogP contribution in [0.25, 0.3) is 0 Å². The Bertz CT molecular complexity index is 1030. The number of carbonyl (C=O) groups excluding carboxylic acids is 3. The normalized spacial score (nSPS) is 17.0. The molecule has 0 saturated heterocycles. The molecule has 0 spiro atoms. The minimum absolute atomic E-state index is 0.135. The second kappa shape index (κ2) is 38.9. The summed E-state index contributed by atoms with van der Waals surface area (Å²) in [7, 11) is 3.95. The highest BCUT2D eigenvalue weighted by Crippen LogP contribution is 2.30. The lowest BCUT2D eigenvalue weighted by atomic mass is 10.1. The van der Waals surface area contributed by atoms with Crippen LogP contribution in [-0.2, 0) is 38.1 Å². The van der Waals surface area contributed by atoms with E-state index in [0.29, 0.717) is 51.7 Å². The fourth-order valence-electron chi connectivity index (χ4n) is 7.23. The third kappa shape index (κ3) is 32.6. The summed E-state index contributed by atoms with van der Waals surface area (Å²) in [6.07, 6.45) is 35.8. The second-order valence-electron chi connectivity index (χ2n) is 16.8.